The Bertz CT molecular complexity index is 382. The minimum absolute atomic E-state index is 0.356. The Balaban J connectivity index is 1.80. The maximum Gasteiger partial charge on any atom is 0.119 e. The molecule has 2 N–H and O–H groups in total. The van der Waals surface area contributed by atoms with E-state index >= 15 is 0 Å². The summed E-state index contributed by atoms with van der Waals surface area (Å²) in [7, 11) is 0. The molecule has 1 heterocycles. The van der Waals surface area contributed by atoms with Gasteiger partial charge in [-0.1, -0.05) is 20.3 Å². The molecule has 1 aliphatic heterocycles. The first kappa shape index (κ1) is 15.2. The highest BCUT2D eigenvalue weighted by Gasteiger charge is 2.24. The molecule has 1 aromatic carbocycles. The van der Waals surface area contributed by atoms with Gasteiger partial charge in [0.25, 0.3) is 0 Å². The topological polar surface area (TPSA) is 38.5 Å². The first-order chi connectivity index (χ1) is 9.72. The minimum Gasteiger partial charge on any atom is -0.490 e. The van der Waals surface area contributed by atoms with Gasteiger partial charge in [0.05, 0.1) is 0 Å². The normalized spacial score (nSPS) is 18.9. The summed E-state index contributed by atoms with van der Waals surface area (Å²) in [5, 5.41) is 0. The van der Waals surface area contributed by atoms with Crippen LogP contribution in [0.5, 0.6) is 5.75 Å². The number of hydrogen-bond acceptors (Lipinski definition) is 3. The predicted molar refractivity (Wildman–Crippen MR) is 85.1 cm³/mol. The van der Waals surface area contributed by atoms with E-state index in [1.165, 1.54) is 19.3 Å². The molecule has 3 nitrogen and oxygen atoms in total. The van der Waals surface area contributed by atoms with Crippen LogP contribution in [-0.2, 0) is 0 Å². The van der Waals surface area contributed by atoms with E-state index in [-0.39, 0.29) is 0 Å². The van der Waals surface area contributed by atoms with Crippen LogP contribution in [0, 0.1) is 0 Å². The molecule has 0 bridgehead atoms. The monoisotopic (exact) mass is 276 g/mol. The molecule has 112 valence electrons. The van der Waals surface area contributed by atoms with Crippen LogP contribution in [0.15, 0.2) is 24.3 Å². The SMILES string of the molecule is CCCC(CC)N1CCC(Oc2ccc(N)cc2)CC1. The molecule has 1 unspecified atom stereocenters. The lowest BCUT2D eigenvalue weighted by Gasteiger charge is -2.37. The Morgan fingerprint density at radius 3 is 2.40 bits per heavy atom. The maximum atomic E-state index is 6.05. The van der Waals surface area contributed by atoms with Gasteiger partial charge in [0.1, 0.15) is 11.9 Å². The third-order valence-electron chi connectivity index (χ3n) is 4.27. The predicted octanol–water partition coefficient (Wildman–Crippen LogP) is 3.69. The van der Waals surface area contributed by atoms with Gasteiger partial charge in [-0.2, -0.15) is 0 Å². The smallest absolute Gasteiger partial charge is 0.119 e. The number of rotatable bonds is 6. The van der Waals surface area contributed by atoms with Crippen LogP contribution in [-0.4, -0.2) is 30.1 Å². The lowest BCUT2D eigenvalue weighted by Crippen LogP contribution is -2.43. The maximum absolute atomic E-state index is 6.05. The fourth-order valence-corrected chi connectivity index (χ4v) is 3.08. The molecule has 1 aromatic rings. The fraction of sp³-hybridized carbons (Fsp3) is 0.647. The first-order valence-electron chi connectivity index (χ1n) is 7.99. The van der Waals surface area contributed by atoms with E-state index in [4.69, 9.17) is 10.5 Å². The van der Waals surface area contributed by atoms with E-state index in [0.717, 1.165) is 43.4 Å². The van der Waals surface area contributed by atoms with Gasteiger partial charge in [-0.25, -0.2) is 0 Å². The molecule has 0 spiro atoms. The van der Waals surface area contributed by atoms with Crippen LogP contribution in [0.3, 0.4) is 0 Å². The van der Waals surface area contributed by atoms with Crippen molar-refractivity contribution in [1.82, 2.24) is 4.90 Å². The number of ether oxygens (including phenoxy) is 1. The van der Waals surface area contributed by atoms with E-state index in [1.807, 2.05) is 24.3 Å². The molecule has 0 aromatic heterocycles. The van der Waals surface area contributed by atoms with Gasteiger partial charge >= 0.3 is 0 Å². The third-order valence-corrected chi connectivity index (χ3v) is 4.27. The average molecular weight is 276 g/mol. The van der Waals surface area contributed by atoms with Crippen LogP contribution in [0.1, 0.15) is 46.0 Å². The van der Waals surface area contributed by atoms with E-state index in [2.05, 4.69) is 18.7 Å². The number of benzene rings is 1. The summed E-state index contributed by atoms with van der Waals surface area (Å²) < 4.78 is 6.05. The van der Waals surface area contributed by atoms with Crippen molar-refractivity contribution in [2.75, 3.05) is 18.8 Å². The van der Waals surface area contributed by atoms with Gasteiger partial charge < -0.3 is 15.4 Å². The highest BCUT2D eigenvalue weighted by atomic mass is 16.5. The van der Waals surface area contributed by atoms with Crippen molar-refractivity contribution >= 4 is 5.69 Å². The number of hydrogen-bond donors (Lipinski definition) is 1. The molecule has 1 saturated heterocycles. The summed E-state index contributed by atoms with van der Waals surface area (Å²) >= 11 is 0. The van der Waals surface area contributed by atoms with Crippen LogP contribution in [0.25, 0.3) is 0 Å². The molecular formula is C17H28N2O. The Hall–Kier alpha value is -1.22. The van der Waals surface area contributed by atoms with Crippen LogP contribution < -0.4 is 10.5 Å². The van der Waals surface area contributed by atoms with Crippen molar-refractivity contribution in [2.24, 2.45) is 0 Å². The van der Waals surface area contributed by atoms with Gasteiger partial charge in [-0.05, 0) is 49.9 Å². The van der Waals surface area contributed by atoms with Gasteiger partial charge in [-0.3, -0.25) is 0 Å². The molecule has 0 amide bonds. The number of nitrogen functional groups attached to an aromatic ring is 1. The zero-order valence-corrected chi connectivity index (χ0v) is 12.8. The van der Waals surface area contributed by atoms with E-state index in [9.17, 15) is 0 Å². The van der Waals surface area contributed by atoms with Crippen LogP contribution >= 0.6 is 0 Å². The van der Waals surface area contributed by atoms with Gasteiger partial charge in [0.2, 0.25) is 0 Å². The molecule has 0 saturated carbocycles. The molecular weight excluding hydrogens is 248 g/mol. The second-order valence-electron chi connectivity index (χ2n) is 5.77. The van der Waals surface area contributed by atoms with Crippen molar-refractivity contribution in [3.63, 3.8) is 0 Å². The second kappa shape index (κ2) is 7.53. The van der Waals surface area contributed by atoms with Crippen molar-refractivity contribution < 1.29 is 4.74 Å². The zero-order valence-electron chi connectivity index (χ0n) is 12.8. The molecule has 3 heteroatoms. The Morgan fingerprint density at radius 1 is 1.20 bits per heavy atom. The lowest BCUT2D eigenvalue weighted by molar-refractivity contribution is 0.0709. The van der Waals surface area contributed by atoms with Crippen molar-refractivity contribution in [3.05, 3.63) is 24.3 Å². The number of nitrogens with two attached hydrogens (primary N) is 1. The highest BCUT2D eigenvalue weighted by molar-refractivity contribution is 5.41. The Kier molecular flexibility index (Phi) is 5.72. The number of likely N-dealkylation sites (tertiary alicyclic amines) is 1. The fourth-order valence-electron chi connectivity index (χ4n) is 3.08. The quantitative estimate of drug-likeness (QED) is 0.805. The van der Waals surface area contributed by atoms with Crippen molar-refractivity contribution in [2.45, 2.75) is 58.1 Å². The first-order valence-corrected chi connectivity index (χ1v) is 7.99. The summed E-state index contributed by atoms with van der Waals surface area (Å²) in [4.78, 5) is 2.65. The number of nitrogens with zero attached hydrogens (tertiary/aromatic N) is 1. The third kappa shape index (κ3) is 4.14. The summed E-state index contributed by atoms with van der Waals surface area (Å²) in [5.74, 6) is 0.943. The van der Waals surface area contributed by atoms with Gasteiger partial charge in [0.15, 0.2) is 0 Å². The molecule has 1 aliphatic rings. The molecule has 0 radical (unpaired) electrons. The number of anilines is 1. The summed E-state index contributed by atoms with van der Waals surface area (Å²) in [5.41, 5.74) is 6.48. The van der Waals surface area contributed by atoms with Crippen LogP contribution in [0.2, 0.25) is 0 Å². The molecule has 2 rings (SSSR count). The lowest BCUT2D eigenvalue weighted by atomic mass is 10.0. The summed E-state index contributed by atoms with van der Waals surface area (Å²) in [6.45, 7) is 6.91. The standard InChI is InChI=1S/C17H28N2O/c1-3-5-15(4-2)19-12-10-17(11-13-19)20-16-8-6-14(18)7-9-16/h6-9,15,17H,3-5,10-13,18H2,1-2H3. The molecule has 20 heavy (non-hydrogen) atoms. The summed E-state index contributed by atoms with van der Waals surface area (Å²) in [6.07, 6.45) is 6.47. The molecule has 0 aliphatic carbocycles. The van der Waals surface area contributed by atoms with Crippen molar-refractivity contribution in [1.29, 1.82) is 0 Å². The second-order valence-corrected chi connectivity index (χ2v) is 5.77. The van der Waals surface area contributed by atoms with Gasteiger partial charge in [-0.15, -0.1) is 0 Å². The largest absolute Gasteiger partial charge is 0.490 e. The Morgan fingerprint density at radius 2 is 1.85 bits per heavy atom. The highest BCUT2D eigenvalue weighted by Crippen LogP contribution is 2.22. The van der Waals surface area contributed by atoms with E-state index in [1.54, 1.807) is 0 Å². The molecule has 1 atom stereocenters. The van der Waals surface area contributed by atoms with E-state index in [0.29, 0.717) is 6.10 Å². The van der Waals surface area contributed by atoms with Gasteiger partial charge in [0, 0.05) is 24.8 Å². The minimum atomic E-state index is 0.356. The van der Waals surface area contributed by atoms with Crippen molar-refractivity contribution in [3.8, 4) is 5.75 Å². The molecule has 1 fully saturated rings. The average Bonchev–Trinajstić information content (AvgIpc) is 2.48. The number of piperidine rings is 1. The zero-order chi connectivity index (χ0) is 14.4. The van der Waals surface area contributed by atoms with E-state index < -0.39 is 0 Å². The summed E-state index contributed by atoms with van der Waals surface area (Å²) in [6, 6.07) is 8.50. The van der Waals surface area contributed by atoms with Crippen LogP contribution in [0.4, 0.5) is 5.69 Å². The Labute approximate surface area is 123 Å².